The molecule has 0 N–H and O–H groups in total. The van der Waals surface area contributed by atoms with E-state index in [0.29, 0.717) is 22.5 Å². The molecule has 1 aromatic carbocycles. The lowest BCUT2D eigenvalue weighted by atomic mass is 10.1. The van der Waals surface area contributed by atoms with Crippen LogP contribution in [-0.2, 0) is 0 Å². The number of rotatable bonds is 2. The predicted octanol–water partition coefficient (Wildman–Crippen LogP) is 2.83. The van der Waals surface area contributed by atoms with Crippen LogP contribution in [0.3, 0.4) is 0 Å². The van der Waals surface area contributed by atoms with Gasteiger partial charge in [0.15, 0.2) is 5.43 Å². The number of fused-ring (bicyclic) bond motifs is 1. The minimum atomic E-state index is 0.0143. The molecule has 2 rings (SSSR count). The van der Waals surface area contributed by atoms with Crippen molar-refractivity contribution >= 4 is 23.6 Å². The first-order valence-electron chi connectivity index (χ1n) is 4.86. The van der Waals surface area contributed by atoms with Gasteiger partial charge >= 0.3 is 0 Å². The average molecular weight is 220 g/mol. The number of hydrogen-bond acceptors (Lipinski definition) is 3. The van der Waals surface area contributed by atoms with Crippen molar-refractivity contribution in [3.05, 3.63) is 46.3 Å². The minimum absolute atomic E-state index is 0.0143. The molecule has 0 aliphatic carbocycles. The third-order valence-corrected chi connectivity index (χ3v) is 2.96. The molecule has 3 heteroatoms. The molecule has 0 spiro atoms. The van der Waals surface area contributed by atoms with E-state index in [1.807, 2.05) is 25.1 Å². The molecule has 0 saturated heterocycles. The summed E-state index contributed by atoms with van der Waals surface area (Å²) in [6.45, 7) is 1.99. The minimum Gasteiger partial charge on any atom is -0.460 e. The third kappa shape index (κ3) is 1.92. The Labute approximate surface area is 93.3 Å². The monoisotopic (exact) mass is 220 g/mol. The normalized spacial score (nSPS) is 12.9. The molecule has 15 heavy (non-hydrogen) atoms. The van der Waals surface area contributed by atoms with Gasteiger partial charge in [-0.15, -0.1) is 0 Å². The largest absolute Gasteiger partial charge is 0.460 e. The van der Waals surface area contributed by atoms with Crippen molar-refractivity contribution in [3.63, 3.8) is 0 Å². The molecular weight excluding hydrogens is 208 g/mol. The van der Waals surface area contributed by atoms with Gasteiger partial charge in [0.2, 0.25) is 0 Å². The molecule has 1 atom stereocenters. The van der Waals surface area contributed by atoms with E-state index in [0.717, 1.165) is 0 Å². The molecular formula is C12H12O2S. The Hall–Kier alpha value is -1.22. The zero-order valence-corrected chi connectivity index (χ0v) is 9.33. The Morgan fingerprint density at radius 1 is 1.40 bits per heavy atom. The van der Waals surface area contributed by atoms with E-state index in [4.69, 9.17) is 4.42 Å². The third-order valence-electron chi connectivity index (χ3n) is 2.41. The highest BCUT2D eigenvalue weighted by atomic mass is 32.1. The maximum absolute atomic E-state index is 11.7. The van der Waals surface area contributed by atoms with Gasteiger partial charge in [-0.05, 0) is 17.9 Å². The smallest absolute Gasteiger partial charge is 0.192 e. The fourth-order valence-corrected chi connectivity index (χ4v) is 1.64. The second-order valence-corrected chi connectivity index (χ2v) is 3.96. The second kappa shape index (κ2) is 4.11. The van der Waals surface area contributed by atoms with Crippen molar-refractivity contribution < 1.29 is 4.42 Å². The van der Waals surface area contributed by atoms with E-state index >= 15 is 0 Å². The number of hydrogen-bond donors (Lipinski definition) is 1. The molecule has 1 heterocycles. The van der Waals surface area contributed by atoms with Crippen LogP contribution in [-0.4, -0.2) is 5.75 Å². The van der Waals surface area contributed by atoms with E-state index < -0.39 is 0 Å². The van der Waals surface area contributed by atoms with Gasteiger partial charge < -0.3 is 4.42 Å². The molecule has 0 aliphatic rings. The van der Waals surface area contributed by atoms with Crippen molar-refractivity contribution in [2.75, 3.05) is 5.75 Å². The van der Waals surface area contributed by atoms with Gasteiger partial charge in [-0.3, -0.25) is 4.79 Å². The molecule has 2 aromatic rings. The van der Waals surface area contributed by atoms with E-state index in [9.17, 15) is 4.79 Å². The zero-order chi connectivity index (χ0) is 10.8. The lowest BCUT2D eigenvalue weighted by Gasteiger charge is -2.07. The SMILES string of the molecule is CC(CS)c1cc(=O)c2ccccc2o1. The summed E-state index contributed by atoms with van der Waals surface area (Å²) in [5.74, 6) is 1.53. The van der Waals surface area contributed by atoms with Crippen LogP contribution in [0, 0.1) is 0 Å². The van der Waals surface area contributed by atoms with Gasteiger partial charge in [0.25, 0.3) is 0 Å². The summed E-state index contributed by atoms with van der Waals surface area (Å²) in [7, 11) is 0. The van der Waals surface area contributed by atoms with Crippen molar-refractivity contribution in [1.82, 2.24) is 0 Å². The first-order chi connectivity index (χ1) is 7.22. The van der Waals surface area contributed by atoms with Crippen molar-refractivity contribution in [1.29, 1.82) is 0 Å². The fraction of sp³-hybridized carbons (Fsp3) is 0.250. The quantitative estimate of drug-likeness (QED) is 0.789. The summed E-state index contributed by atoms with van der Waals surface area (Å²) in [6, 6.07) is 8.84. The first-order valence-corrected chi connectivity index (χ1v) is 5.49. The van der Waals surface area contributed by atoms with Crippen LogP contribution < -0.4 is 5.43 Å². The topological polar surface area (TPSA) is 30.2 Å². The lowest BCUT2D eigenvalue weighted by Crippen LogP contribution is -2.04. The van der Waals surface area contributed by atoms with Crippen LogP contribution in [0.15, 0.2) is 39.5 Å². The summed E-state index contributed by atoms with van der Waals surface area (Å²) in [5, 5.41) is 0.632. The van der Waals surface area contributed by atoms with Gasteiger partial charge in [-0.1, -0.05) is 19.1 Å². The van der Waals surface area contributed by atoms with Gasteiger partial charge in [0.1, 0.15) is 11.3 Å². The Kier molecular flexibility index (Phi) is 2.82. The first kappa shape index (κ1) is 10.3. The lowest BCUT2D eigenvalue weighted by molar-refractivity contribution is 0.512. The Morgan fingerprint density at radius 2 is 2.13 bits per heavy atom. The fourth-order valence-electron chi connectivity index (χ4n) is 1.46. The van der Waals surface area contributed by atoms with Crippen LogP contribution in [0.2, 0.25) is 0 Å². The molecule has 0 bridgehead atoms. The number of thiol groups is 1. The molecule has 0 saturated carbocycles. The molecule has 0 fully saturated rings. The Morgan fingerprint density at radius 3 is 2.87 bits per heavy atom. The van der Waals surface area contributed by atoms with Crippen LogP contribution in [0.25, 0.3) is 11.0 Å². The van der Waals surface area contributed by atoms with Gasteiger partial charge in [0.05, 0.1) is 5.39 Å². The summed E-state index contributed by atoms with van der Waals surface area (Å²) in [4.78, 5) is 11.7. The Balaban J connectivity index is 2.67. The van der Waals surface area contributed by atoms with Gasteiger partial charge in [-0.2, -0.15) is 12.6 Å². The highest BCUT2D eigenvalue weighted by Crippen LogP contribution is 2.19. The Bertz CT molecular complexity index is 530. The molecule has 1 unspecified atom stereocenters. The van der Waals surface area contributed by atoms with Gasteiger partial charge in [0, 0.05) is 12.0 Å². The molecule has 1 aromatic heterocycles. The second-order valence-electron chi connectivity index (χ2n) is 3.59. The van der Waals surface area contributed by atoms with Crippen LogP contribution in [0.5, 0.6) is 0 Å². The highest BCUT2D eigenvalue weighted by molar-refractivity contribution is 7.80. The van der Waals surface area contributed by atoms with Crippen LogP contribution in [0.4, 0.5) is 0 Å². The van der Waals surface area contributed by atoms with Gasteiger partial charge in [-0.25, -0.2) is 0 Å². The molecule has 0 amide bonds. The summed E-state index contributed by atoms with van der Waals surface area (Å²) >= 11 is 4.19. The average Bonchev–Trinajstić information content (AvgIpc) is 2.28. The van der Waals surface area contributed by atoms with Crippen molar-refractivity contribution in [2.45, 2.75) is 12.8 Å². The van der Waals surface area contributed by atoms with Crippen molar-refractivity contribution in [2.24, 2.45) is 0 Å². The summed E-state index contributed by atoms with van der Waals surface area (Å²) < 4.78 is 5.65. The van der Waals surface area contributed by atoms with E-state index in [1.54, 1.807) is 12.1 Å². The predicted molar refractivity (Wildman–Crippen MR) is 64.8 cm³/mol. The van der Waals surface area contributed by atoms with E-state index in [2.05, 4.69) is 12.6 Å². The zero-order valence-electron chi connectivity index (χ0n) is 8.43. The molecule has 0 radical (unpaired) electrons. The maximum Gasteiger partial charge on any atom is 0.192 e. The number of para-hydroxylation sites is 1. The van der Waals surface area contributed by atoms with E-state index in [-0.39, 0.29) is 11.3 Å². The standard InChI is InChI=1S/C12H12O2S/c1-8(7-15)12-6-10(13)9-4-2-3-5-11(9)14-12/h2-6,8,15H,7H2,1H3. The molecule has 0 aliphatic heterocycles. The summed E-state index contributed by atoms with van der Waals surface area (Å²) in [6.07, 6.45) is 0. The van der Waals surface area contributed by atoms with Crippen LogP contribution in [0.1, 0.15) is 18.6 Å². The van der Waals surface area contributed by atoms with E-state index in [1.165, 1.54) is 0 Å². The summed E-state index contributed by atoms with van der Waals surface area (Å²) in [5.41, 5.74) is 0.661. The maximum atomic E-state index is 11.7. The van der Waals surface area contributed by atoms with Crippen LogP contribution >= 0.6 is 12.6 Å². The molecule has 78 valence electrons. The molecule has 2 nitrogen and oxygen atoms in total. The highest BCUT2D eigenvalue weighted by Gasteiger charge is 2.09. The number of benzene rings is 1. The van der Waals surface area contributed by atoms with Crippen molar-refractivity contribution in [3.8, 4) is 0 Å².